The molecule has 0 aliphatic carbocycles. The summed E-state index contributed by atoms with van der Waals surface area (Å²) in [6, 6.07) is 7.79. The van der Waals surface area contributed by atoms with Gasteiger partial charge in [0.1, 0.15) is 5.75 Å². The topological polar surface area (TPSA) is 88.0 Å². The van der Waals surface area contributed by atoms with E-state index in [1.54, 1.807) is 12.1 Å². The van der Waals surface area contributed by atoms with Crippen LogP contribution in [-0.2, 0) is 0 Å². The van der Waals surface area contributed by atoms with E-state index in [4.69, 9.17) is 0 Å². The summed E-state index contributed by atoms with van der Waals surface area (Å²) in [4.78, 5) is 2.45. The third-order valence-electron chi connectivity index (χ3n) is 4.83. The Labute approximate surface area is 133 Å². The molecule has 0 bridgehead atoms. The molecule has 7 heteroatoms. The van der Waals surface area contributed by atoms with E-state index in [0.29, 0.717) is 18.3 Å². The van der Waals surface area contributed by atoms with Crippen LogP contribution in [0.25, 0.3) is 0 Å². The van der Waals surface area contributed by atoms with Gasteiger partial charge in [0, 0.05) is 25.7 Å². The van der Waals surface area contributed by atoms with Gasteiger partial charge in [0.05, 0.1) is 5.54 Å². The maximum absolute atomic E-state index is 9.72. The second-order valence-corrected chi connectivity index (χ2v) is 7.89. The summed E-state index contributed by atoms with van der Waals surface area (Å²) in [6.07, 6.45) is 2.80. The fourth-order valence-electron chi connectivity index (χ4n) is 3.56. The molecule has 2 saturated heterocycles. The van der Waals surface area contributed by atoms with Crippen molar-refractivity contribution in [1.29, 1.82) is 0 Å². The molecule has 1 unspecified atom stereocenters. The Morgan fingerprint density at radius 1 is 1.23 bits per heavy atom. The van der Waals surface area contributed by atoms with Crippen LogP contribution < -0.4 is 9.44 Å². The van der Waals surface area contributed by atoms with Gasteiger partial charge in [-0.3, -0.25) is 14.0 Å². The first kappa shape index (κ1) is 16.0. The molecule has 3 rings (SSSR count). The molecule has 1 aromatic rings. The van der Waals surface area contributed by atoms with Crippen LogP contribution in [0, 0.1) is 0 Å². The molecule has 0 radical (unpaired) electrons. The molecule has 1 aromatic carbocycles. The zero-order chi connectivity index (χ0) is 15.8. The van der Waals surface area contributed by atoms with E-state index in [9.17, 15) is 14.2 Å². The summed E-state index contributed by atoms with van der Waals surface area (Å²) >= 11 is 0. The summed E-state index contributed by atoms with van der Waals surface area (Å²) in [5.41, 5.74) is 1.03. The van der Waals surface area contributed by atoms with Crippen molar-refractivity contribution >= 4 is 11.0 Å². The number of phenols is 1. The number of nitrogens with one attached hydrogen (secondary N) is 2. The molecule has 5 N–H and O–H groups in total. The van der Waals surface area contributed by atoms with Crippen LogP contribution in [0.1, 0.15) is 37.8 Å². The van der Waals surface area contributed by atoms with Crippen LogP contribution in [-0.4, -0.2) is 44.3 Å². The Morgan fingerprint density at radius 2 is 1.86 bits per heavy atom. The van der Waals surface area contributed by atoms with Crippen LogP contribution in [0.2, 0.25) is 0 Å². The van der Waals surface area contributed by atoms with Crippen LogP contribution in [0.5, 0.6) is 5.75 Å². The van der Waals surface area contributed by atoms with Crippen LogP contribution in [0.4, 0.5) is 0 Å². The highest BCUT2D eigenvalue weighted by Gasteiger charge is 2.44. The molecule has 0 saturated carbocycles. The SMILES string of the molecule is CCC(c1ccc(O)cc1)N1CCC2(CC1)CNS(O)(O)N2. The molecule has 1 atom stereocenters. The smallest absolute Gasteiger partial charge is 0.115 e. The Hall–Kier alpha value is -0.830. The quantitative estimate of drug-likeness (QED) is 0.586. The Bertz CT molecular complexity index is 515. The summed E-state index contributed by atoms with van der Waals surface area (Å²) in [5.74, 6) is 0.294. The molecular formula is C15H25N3O3S. The van der Waals surface area contributed by atoms with E-state index in [1.165, 1.54) is 5.56 Å². The van der Waals surface area contributed by atoms with E-state index in [2.05, 4.69) is 21.3 Å². The third-order valence-corrected chi connectivity index (χ3v) is 6.10. The van der Waals surface area contributed by atoms with Gasteiger partial charge in [0.2, 0.25) is 0 Å². The van der Waals surface area contributed by atoms with Gasteiger partial charge in [0.15, 0.2) is 0 Å². The lowest BCUT2D eigenvalue weighted by molar-refractivity contribution is 0.112. The second kappa shape index (κ2) is 5.99. The Balaban J connectivity index is 1.66. The molecule has 2 aliphatic rings. The van der Waals surface area contributed by atoms with E-state index in [0.717, 1.165) is 32.4 Å². The molecule has 2 heterocycles. The maximum Gasteiger partial charge on any atom is 0.115 e. The average molecular weight is 327 g/mol. The first-order valence-corrected chi connectivity index (χ1v) is 9.32. The Kier molecular flexibility index (Phi) is 4.37. The molecule has 2 fully saturated rings. The number of rotatable bonds is 3. The molecule has 1 spiro atoms. The highest BCUT2D eigenvalue weighted by Crippen LogP contribution is 2.42. The molecule has 0 aromatic heterocycles. The fourth-order valence-corrected chi connectivity index (χ4v) is 4.99. The molecule has 22 heavy (non-hydrogen) atoms. The number of nitrogens with zero attached hydrogens (tertiary/aromatic N) is 1. The Morgan fingerprint density at radius 3 is 2.36 bits per heavy atom. The normalized spacial score (nSPS) is 26.9. The largest absolute Gasteiger partial charge is 0.508 e. The van der Waals surface area contributed by atoms with Crippen molar-refractivity contribution in [2.45, 2.75) is 37.8 Å². The third kappa shape index (κ3) is 3.24. The zero-order valence-electron chi connectivity index (χ0n) is 12.8. The second-order valence-electron chi connectivity index (χ2n) is 6.30. The summed E-state index contributed by atoms with van der Waals surface area (Å²) in [5, 5.41) is 9.44. The summed E-state index contributed by atoms with van der Waals surface area (Å²) in [6.45, 7) is 4.63. The van der Waals surface area contributed by atoms with Crippen LogP contribution >= 0.6 is 11.0 Å². The van der Waals surface area contributed by atoms with Crippen molar-refractivity contribution in [2.24, 2.45) is 0 Å². The fraction of sp³-hybridized carbons (Fsp3) is 0.600. The van der Waals surface area contributed by atoms with Gasteiger partial charge in [-0.15, -0.1) is 0 Å². The van der Waals surface area contributed by atoms with Crippen molar-refractivity contribution in [3.63, 3.8) is 0 Å². The number of hydrogen-bond donors (Lipinski definition) is 5. The van der Waals surface area contributed by atoms with Crippen LogP contribution in [0.15, 0.2) is 24.3 Å². The van der Waals surface area contributed by atoms with Gasteiger partial charge < -0.3 is 5.11 Å². The first-order valence-electron chi connectivity index (χ1n) is 7.78. The number of aromatic hydroxyl groups is 1. The summed E-state index contributed by atoms with van der Waals surface area (Å²) in [7, 11) is -2.80. The van der Waals surface area contributed by atoms with Gasteiger partial charge >= 0.3 is 0 Å². The van der Waals surface area contributed by atoms with Crippen LogP contribution in [0.3, 0.4) is 0 Å². The van der Waals surface area contributed by atoms with E-state index in [-0.39, 0.29) is 5.54 Å². The van der Waals surface area contributed by atoms with Crippen molar-refractivity contribution < 1.29 is 14.2 Å². The summed E-state index contributed by atoms with van der Waals surface area (Å²) < 4.78 is 25.2. The number of likely N-dealkylation sites (tertiary alicyclic amines) is 1. The molecule has 6 nitrogen and oxygen atoms in total. The zero-order valence-corrected chi connectivity index (χ0v) is 13.6. The minimum Gasteiger partial charge on any atom is -0.508 e. The molecule has 2 aliphatic heterocycles. The van der Waals surface area contributed by atoms with E-state index in [1.807, 2.05) is 12.1 Å². The lowest BCUT2D eigenvalue weighted by Gasteiger charge is -2.43. The lowest BCUT2D eigenvalue weighted by Crippen LogP contribution is -2.52. The highest BCUT2D eigenvalue weighted by atomic mass is 32.3. The van der Waals surface area contributed by atoms with Crippen molar-refractivity contribution in [2.75, 3.05) is 19.6 Å². The average Bonchev–Trinajstić information content (AvgIpc) is 2.79. The van der Waals surface area contributed by atoms with Gasteiger partial charge in [-0.2, -0.15) is 4.72 Å². The number of piperidine rings is 1. The van der Waals surface area contributed by atoms with Crippen molar-refractivity contribution in [1.82, 2.24) is 14.3 Å². The molecular weight excluding hydrogens is 302 g/mol. The minimum atomic E-state index is -2.80. The van der Waals surface area contributed by atoms with Crippen molar-refractivity contribution in [3.05, 3.63) is 29.8 Å². The highest BCUT2D eigenvalue weighted by molar-refractivity contribution is 8.21. The molecule has 124 valence electrons. The monoisotopic (exact) mass is 327 g/mol. The van der Waals surface area contributed by atoms with Crippen molar-refractivity contribution in [3.8, 4) is 5.75 Å². The number of phenolic OH excluding ortho intramolecular Hbond substituents is 1. The predicted molar refractivity (Wildman–Crippen MR) is 88.7 cm³/mol. The number of benzene rings is 1. The molecule has 0 amide bonds. The van der Waals surface area contributed by atoms with E-state index < -0.39 is 11.0 Å². The lowest BCUT2D eigenvalue weighted by atomic mass is 9.87. The standard InChI is InChI=1S/C15H25N3O3S/c1-2-14(12-3-5-13(19)6-4-12)18-9-7-15(8-10-18)11-16-22(20,21)17-15/h3-6,14,16-17,19-21H,2,7-11H2,1H3. The van der Waals surface area contributed by atoms with Gasteiger partial charge in [-0.25, -0.2) is 4.72 Å². The number of hydrogen-bond acceptors (Lipinski definition) is 6. The van der Waals surface area contributed by atoms with Gasteiger partial charge in [-0.1, -0.05) is 30.0 Å². The maximum atomic E-state index is 9.72. The first-order chi connectivity index (χ1) is 10.4. The van der Waals surface area contributed by atoms with E-state index >= 15 is 0 Å². The minimum absolute atomic E-state index is 0.192. The van der Waals surface area contributed by atoms with Gasteiger partial charge in [0.25, 0.3) is 0 Å². The predicted octanol–water partition coefficient (Wildman–Crippen LogP) is 2.45. The van der Waals surface area contributed by atoms with Gasteiger partial charge in [-0.05, 0) is 37.0 Å².